The van der Waals surface area contributed by atoms with Crippen molar-refractivity contribution in [3.8, 4) is 5.75 Å². The first kappa shape index (κ1) is 14.6. The summed E-state index contributed by atoms with van der Waals surface area (Å²) in [5.41, 5.74) is 0.652. The zero-order valence-corrected chi connectivity index (χ0v) is 11.7. The second kappa shape index (κ2) is 7.09. The highest BCUT2D eigenvalue weighted by Gasteiger charge is 2.30. The average Bonchev–Trinajstić information content (AvgIpc) is 2.89. The maximum absolute atomic E-state index is 10.8. The first-order valence-corrected chi connectivity index (χ1v) is 7.46. The molecule has 0 spiro atoms. The van der Waals surface area contributed by atoms with Crippen LogP contribution < -0.4 is 5.32 Å². The summed E-state index contributed by atoms with van der Waals surface area (Å²) in [6.07, 6.45) is 2.12. The fourth-order valence-corrected chi connectivity index (χ4v) is 2.70. The summed E-state index contributed by atoms with van der Waals surface area (Å²) in [4.78, 5) is 18.7. The predicted molar refractivity (Wildman–Crippen MR) is 77.8 cm³/mol. The van der Waals surface area contributed by atoms with Gasteiger partial charge in [-0.05, 0) is 12.1 Å². The van der Waals surface area contributed by atoms with Gasteiger partial charge in [-0.25, -0.2) is 0 Å². The van der Waals surface area contributed by atoms with Gasteiger partial charge in [0.15, 0.2) is 5.84 Å². The van der Waals surface area contributed by atoms with Crippen molar-refractivity contribution in [3.63, 3.8) is 0 Å². The molecule has 0 bridgehead atoms. The van der Waals surface area contributed by atoms with Gasteiger partial charge in [-0.15, -0.1) is 0 Å². The van der Waals surface area contributed by atoms with Crippen LogP contribution in [0.2, 0.25) is 0 Å². The minimum absolute atomic E-state index is 0.196. The second-order valence-corrected chi connectivity index (χ2v) is 5.41. The molecule has 8 heteroatoms. The van der Waals surface area contributed by atoms with Crippen LogP contribution in [0.1, 0.15) is 12.1 Å². The van der Waals surface area contributed by atoms with Crippen molar-refractivity contribution in [2.45, 2.75) is 18.2 Å². The Balaban J connectivity index is 1.67. The molecule has 20 heavy (non-hydrogen) atoms. The van der Waals surface area contributed by atoms with Crippen LogP contribution in [-0.2, 0) is 5.75 Å². The summed E-state index contributed by atoms with van der Waals surface area (Å²) in [5.74, 6) is 2.05. The molecule has 0 aromatic carbocycles. The molecular weight excluding hydrogens is 280 g/mol. The number of nitrogens with zero attached hydrogens (tertiary/aromatic N) is 3. The Morgan fingerprint density at radius 1 is 1.60 bits per heavy atom. The summed E-state index contributed by atoms with van der Waals surface area (Å²) < 4.78 is 0. The smallest absolute Gasteiger partial charge is 0.270 e. The standard InChI is InChI=1S/C12H16N4O3S/c17-11-2-1-4-13-9(11)8-20-7-6-15-12-10(16(18)19)3-5-14-12/h1-2,4,10,17H,3,5-8H2,(H,14,15). The molecular formula is C12H16N4O3S. The number of aromatic nitrogens is 1. The van der Waals surface area contributed by atoms with E-state index in [0.29, 0.717) is 36.8 Å². The van der Waals surface area contributed by atoms with Crippen LogP contribution in [-0.4, -0.2) is 45.7 Å². The van der Waals surface area contributed by atoms with Gasteiger partial charge >= 0.3 is 0 Å². The SMILES string of the molecule is O=[N+]([O-])C1CCN=C1NCCSCc1ncccc1O. The Kier molecular flexibility index (Phi) is 5.16. The summed E-state index contributed by atoms with van der Waals surface area (Å²) in [6, 6.07) is 2.61. The van der Waals surface area contributed by atoms with E-state index in [1.165, 1.54) is 0 Å². The highest BCUT2D eigenvalue weighted by atomic mass is 32.2. The molecule has 1 aliphatic rings. The van der Waals surface area contributed by atoms with Gasteiger partial charge in [-0.2, -0.15) is 11.8 Å². The molecule has 0 amide bonds. The number of aliphatic imine (C=N–C) groups is 1. The molecule has 2 rings (SSSR count). The number of rotatable bonds is 6. The van der Waals surface area contributed by atoms with Crippen LogP contribution in [0.25, 0.3) is 0 Å². The van der Waals surface area contributed by atoms with Gasteiger partial charge in [0.2, 0.25) is 0 Å². The second-order valence-electron chi connectivity index (χ2n) is 4.31. The number of amidine groups is 1. The first-order chi connectivity index (χ1) is 9.68. The number of thioether (sulfide) groups is 1. The largest absolute Gasteiger partial charge is 0.506 e. The van der Waals surface area contributed by atoms with Crippen LogP contribution >= 0.6 is 11.8 Å². The lowest BCUT2D eigenvalue weighted by atomic mass is 10.2. The predicted octanol–water partition coefficient (Wildman–Crippen LogP) is 1.06. The summed E-state index contributed by atoms with van der Waals surface area (Å²) in [7, 11) is 0. The third-order valence-electron chi connectivity index (χ3n) is 2.91. The van der Waals surface area contributed by atoms with Crippen molar-refractivity contribution in [2.24, 2.45) is 4.99 Å². The Hall–Kier alpha value is -1.83. The molecule has 108 valence electrons. The molecule has 1 unspecified atom stereocenters. The van der Waals surface area contributed by atoms with Crippen molar-refractivity contribution >= 4 is 17.6 Å². The van der Waals surface area contributed by atoms with Crippen LogP contribution in [0.15, 0.2) is 23.3 Å². The lowest BCUT2D eigenvalue weighted by Gasteiger charge is -2.08. The van der Waals surface area contributed by atoms with Crippen molar-refractivity contribution in [1.29, 1.82) is 0 Å². The number of pyridine rings is 1. The molecule has 1 atom stereocenters. The van der Waals surface area contributed by atoms with Crippen molar-refractivity contribution in [2.75, 3.05) is 18.8 Å². The normalized spacial score (nSPS) is 17.8. The van der Waals surface area contributed by atoms with Crippen LogP contribution in [0.5, 0.6) is 5.75 Å². The summed E-state index contributed by atoms with van der Waals surface area (Å²) in [6.45, 7) is 1.13. The van der Waals surface area contributed by atoms with Crippen molar-refractivity contribution in [3.05, 3.63) is 34.1 Å². The maximum Gasteiger partial charge on any atom is 0.270 e. The third-order valence-corrected chi connectivity index (χ3v) is 3.88. The first-order valence-electron chi connectivity index (χ1n) is 6.31. The minimum atomic E-state index is -0.681. The number of nitrogens with one attached hydrogen (secondary N) is 1. The van der Waals surface area contributed by atoms with Gasteiger partial charge < -0.3 is 10.4 Å². The van der Waals surface area contributed by atoms with E-state index < -0.39 is 6.04 Å². The zero-order chi connectivity index (χ0) is 14.4. The Labute approximate surface area is 120 Å². The van der Waals surface area contributed by atoms with Gasteiger partial charge in [-0.3, -0.25) is 20.1 Å². The monoisotopic (exact) mass is 296 g/mol. The van der Waals surface area contributed by atoms with Crippen LogP contribution in [0.3, 0.4) is 0 Å². The molecule has 1 aromatic rings. The van der Waals surface area contributed by atoms with Gasteiger partial charge in [0.1, 0.15) is 5.75 Å². The van der Waals surface area contributed by atoms with E-state index in [-0.39, 0.29) is 10.7 Å². The van der Waals surface area contributed by atoms with E-state index in [2.05, 4.69) is 15.3 Å². The lowest BCUT2D eigenvalue weighted by molar-refractivity contribution is -0.502. The number of nitro groups is 1. The average molecular weight is 296 g/mol. The van der Waals surface area contributed by atoms with E-state index in [1.54, 1.807) is 30.1 Å². The van der Waals surface area contributed by atoms with Gasteiger partial charge in [-0.1, -0.05) is 0 Å². The molecule has 0 saturated heterocycles. The van der Waals surface area contributed by atoms with E-state index in [9.17, 15) is 15.2 Å². The highest BCUT2D eigenvalue weighted by Crippen LogP contribution is 2.18. The fraction of sp³-hybridized carbons (Fsp3) is 0.500. The molecule has 0 saturated carbocycles. The Bertz CT molecular complexity index is 509. The molecule has 1 aromatic heterocycles. The molecule has 2 heterocycles. The lowest BCUT2D eigenvalue weighted by Crippen LogP contribution is -2.37. The Morgan fingerprint density at radius 2 is 2.45 bits per heavy atom. The molecule has 0 aliphatic carbocycles. The summed E-state index contributed by atoms with van der Waals surface area (Å²) in [5, 5.41) is 23.3. The molecule has 0 radical (unpaired) electrons. The Morgan fingerprint density at radius 3 is 3.20 bits per heavy atom. The molecule has 7 nitrogen and oxygen atoms in total. The third kappa shape index (κ3) is 3.83. The van der Waals surface area contributed by atoms with E-state index in [0.717, 1.165) is 5.75 Å². The molecule has 1 aliphatic heterocycles. The van der Waals surface area contributed by atoms with Crippen LogP contribution in [0.4, 0.5) is 0 Å². The van der Waals surface area contributed by atoms with Crippen molar-refractivity contribution < 1.29 is 10.0 Å². The van der Waals surface area contributed by atoms with Gasteiger partial charge in [0, 0.05) is 42.1 Å². The molecule has 2 N–H and O–H groups in total. The van der Waals surface area contributed by atoms with E-state index in [4.69, 9.17) is 0 Å². The highest BCUT2D eigenvalue weighted by molar-refractivity contribution is 7.98. The number of hydrogen-bond donors (Lipinski definition) is 2. The number of hydrogen-bond acceptors (Lipinski definition) is 7. The van der Waals surface area contributed by atoms with E-state index in [1.807, 2.05) is 0 Å². The maximum atomic E-state index is 10.8. The van der Waals surface area contributed by atoms with Gasteiger partial charge in [0.25, 0.3) is 6.04 Å². The van der Waals surface area contributed by atoms with E-state index >= 15 is 0 Å². The topological polar surface area (TPSA) is 101 Å². The van der Waals surface area contributed by atoms with Crippen molar-refractivity contribution in [1.82, 2.24) is 10.3 Å². The molecule has 0 fully saturated rings. The minimum Gasteiger partial charge on any atom is -0.506 e. The fourth-order valence-electron chi connectivity index (χ4n) is 1.89. The quantitative estimate of drug-likeness (QED) is 0.462. The van der Waals surface area contributed by atoms with Crippen LogP contribution in [0, 0.1) is 10.1 Å². The number of aromatic hydroxyl groups is 1. The van der Waals surface area contributed by atoms with Gasteiger partial charge in [0.05, 0.1) is 5.69 Å². The zero-order valence-electron chi connectivity index (χ0n) is 10.9. The summed E-state index contributed by atoms with van der Waals surface area (Å²) >= 11 is 1.60.